The lowest BCUT2D eigenvalue weighted by Gasteiger charge is -2.25. The molecule has 0 rings (SSSR count). The molecule has 0 heterocycles. The fourth-order valence-electron chi connectivity index (χ4n) is 2.05. The molecular weight excluding hydrogens is 230 g/mol. The zero-order valence-electron chi connectivity index (χ0n) is 11.9. The van der Waals surface area contributed by atoms with E-state index >= 15 is 0 Å². The van der Waals surface area contributed by atoms with Gasteiger partial charge in [-0.15, -0.1) is 0 Å². The highest BCUT2D eigenvalue weighted by atomic mass is 16.4. The Morgan fingerprint density at radius 3 is 2.00 bits per heavy atom. The van der Waals surface area contributed by atoms with Crippen molar-refractivity contribution in [3.63, 3.8) is 0 Å². The molecule has 0 bridgehead atoms. The predicted octanol–water partition coefficient (Wildman–Crippen LogP) is 3.11. The molecule has 2 N–H and O–H groups in total. The minimum atomic E-state index is -1.12. The first kappa shape index (κ1) is 16.9. The van der Waals surface area contributed by atoms with Gasteiger partial charge in [-0.2, -0.15) is 0 Å². The van der Waals surface area contributed by atoms with Crippen LogP contribution in [0.1, 0.15) is 72.1 Å². The van der Waals surface area contributed by atoms with Gasteiger partial charge in [0.2, 0.25) is 5.91 Å². The number of amides is 1. The predicted molar refractivity (Wildman–Crippen MR) is 72.5 cm³/mol. The van der Waals surface area contributed by atoms with Crippen LogP contribution >= 0.6 is 0 Å². The van der Waals surface area contributed by atoms with Gasteiger partial charge in [0.1, 0.15) is 5.54 Å². The summed E-state index contributed by atoms with van der Waals surface area (Å²) in [6.07, 6.45) is 8.52. The van der Waals surface area contributed by atoms with E-state index in [1.54, 1.807) is 6.92 Å². The fraction of sp³-hybridized carbons (Fsp3) is 0.857. The first-order valence-corrected chi connectivity index (χ1v) is 6.94. The van der Waals surface area contributed by atoms with Crippen LogP contribution in [0, 0.1) is 0 Å². The van der Waals surface area contributed by atoms with Crippen LogP contribution in [-0.2, 0) is 9.59 Å². The quantitative estimate of drug-likeness (QED) is 0.591. The summed E-state index contributed by atoms with van der Waals surface area (Å²) in [5.41, 5.74) is -1.12. The molecule has 1 amide bonds. The maximum absolute atomic E-state index is 11.1. The molecule has 0 aliphatic heterocycles. The van der Waals surface area contributed by atoms with Crippen molar-refractivity contribution in [2.45, 2.75) is 77.7 Å². The number of hydrogen-bond donors (Lipinski definition) is 2. The number of rotatable bonds is 10. The summed E-state index contributed by atoms with van der Waals surface area (Å²) in [6.45, 7) is 5.12. The first-order chi connectivity index (χ1) is 8.42. The average Bonchev–Trinajstić information content (AvgIpc) is 2.26. The van der Waals surface area contributed by atoms with E-state index in [-0.39, 0.29) is 5.91 Å². The fourth-order valence-corrected chi connectivity index (χ4v) is 2.05. The van der Waals surface area contributed by atoms with E-state index in [0.29, 0.717) is 6.42 Å². The molecule has 0 radical (unpaired) electrons. The van der Waals surface area contributed by atoms with E-state index in [9.17, 15) is 9.59 Å². The van der Waals surface area contributed by atoms with Gasteiger partial charge in [0, 0.05) is 6.92 Å². The van der Waals surface area contributed by atoms with Gasteiger partial charge in [0.15, 0.2) is 0 Å². The van der Waals surface area contributed by atoms with Crippen LogP contribution in [0.2, 0.25) is 0 Å². The second-order valence-electron chi connectivity index (χ2n) is 5.19. The highest BCUT2D eigenvalue weighted by Crippen LogP contribution is 2.16. The summed E-state index contributed by atoms with van der Waals surface area (Å²) in [7, 11) is 0. The van der Waals surface area contributed by atoms with Gasteiger partial charge in [-0.05, 0) is 13.3 Å². The molecule has 0 aliphatic carbocycles. The molecule has 0 saturated heterocycles. The Morgan fingerprint density at radius 2 is 1.56 bits per heavy atom. The van der Waals surface area contributed by atoms with Crippen molar-refractivity contribution in [1.29, 1.82) is 0 Å². The van der Waals surface area contributed by atoms with Crippen LogP contribution < -0.4 is 5.32 Å². The molecule has 0 unspecified atom stereocenters. The highest BCUT2D eigenvalue weighted by molar-refractivity contribution is 5.85. The van der Waals surface area contributed by atoms with Crippen LogP contribution in [0.3, 0.4) is 0 Å². The van der Waals surface area contributed by atoms with Gasteiger partial charge >= 0.3 is 5.97 Å². The summed E-state index contributed by atoms with van der Waals surface area (Å²) in [6, 6.07) is 0. The maximum Gasteiger partial charge on any atom is 0.329 e. The largest absolute Gasteiger partial charge is 0.480 e. The number of carboxylic acid groups (broad SMARTS) is 1. The number of nitrogens with one attached hydrogen (secondary N) is 1. The summed E-state index contributed by atoms with van der Waals surface area (Å²) in [5.74, 6) is -1.24. The van der Waals surface area contributed by atoms with Crippen molar-refractivity contribution in [3.05, 3.63) is 0 Å². The second-order valence-corrected chi connectivity index (χ2v) is 5.19. The third kappa shape index (κ3) is 7.30. The lowest BCUT2D eigenvalue weighted by atomic mass is 9.94. The highest BCUT2D eigenvalue weighted by Gasteiger charge is 2.32. The lowest BCUT2D eigenvalue weighted by Crippen LogP contribution is -2.51. The first-order valence-electron chi connectivity index (χ1n) is 6.94. The molecule has 0 fully saturated rings. The maximum atomic E-state index is 11.1. The van der Waals surface area contributed by atoms with Crippen molar-refractivity contribution in [3.8, 4) is 0 Å². The summed E-state index contributed by atoms with van der Waals surface area (Å²) >= 11 is 0. The number of aliphatic carboxylic acids is 1. The van der Waals surface area contributed by atoms with Gasteiger partial charge in [-0.3, -0.25) is 4.79 Å². The van der Waals surface area contributed by atoms with Crippen molar-refractivity contribution < 1.29 is 14.7 Å². The SMILES string of the molecule is CCCCCCCCC[C@](C)(NC(C)=O)C(=O)O. The number of carboxylic acids is 1. The monoisotopic (exact) mass is 257 g/mol. The van der Waals surface area contributed by atoms with E-state index in [1.165, 1.54) is 32.6 Å². The molecule has 4 heteroatoms. The van der Waals surface area contributed by atoms with Gasteiger partial charge in [0.25, 0.3) is 0 Å². The topological polar surface area (TPSA) is 66.4 Å². The van der Waals surface area contributed by atoms with Crippen LogP contribution in [0.5, 0.6) is 0 Å². The van der Waals surface area contributed by atoms with Crippen molar-refractivity contribution in [2.75, 3.05) is 0 Å². The van der Waals surface area contributed by atoms with Crippen molar-refractivity contribution >= 4 is 11.9 Å². The zero-order valence-corrected chi connectivity index (χ0v) is 11.9. The Morgan fingerprint density at radius 1 is 1.06 bits per heavy atom. The molecule has 4 nitrogen and oxygen atoms in total. The number of carbonyl (C=O) groups is 2. The molecule has 0 aromatic heterocycles. The van der Waals surface area contributed by atoms with Gasteiger partial charge in [-0.25, -0.2) is 4.79 Å². The van der Waals surface area contributed by atoms with Gasteiger partial charge in [-0.1, -0.05) is 51.9 Å². The molecule has 18 heavy (non-hydrogen) atoms. The second kappa shape index (κ2) is 8.95. The minimum absolute atomic E-state index is 0.289. The number of carbonyl (C=O) groups excluding carboxylic acids is 1. The van der Waals surface area contributed by atoms with Gasteiger partial charge < -0.3 is 10.4 Å². The third-order valence-corrected chi connectivity index (χ3v) is 3.20. The average molecular weight is 257 g/mol. The Hall–Kier alpha value is -1.06. The van der Waals surface area contributed by atoms with Crippen molar-refractivity contribution in [1.82, 2.24) is 5.32 Å². The number of unbranched alkanes of at least 4 members (excludes halogenated alkanes) is 6. The lowest BCUT2D eigenvalue weighted by molar-refractivity contribution is -0.147. The molecule has 106 valence electrons. The van der Waals surface area contributed by atoms with Crippen LogP contribution in [-0.4, -0.2) is 22.5 Å². The van der Waals surface area contributed by atoms with E-state index < -0.39 is 11.5 Å². The third-order valence-electron chi connectivity index (χ3n) is 3.20. The van der Waals surface area contributed by atoms with Crippen LogP contribution in [0.4, 0.5) is 0 Å². The Bertz CT molecular complexity index is 266. The summed E-state index contributed by atoms with van der Waals surface area (Å²) < 4.78 is 0. The van der Waals surface area contributed by atoms with Crippen LogP contribution in [0.25, 0.3) is 0 Å². The van der Waals surface area contributed by atoms with Gasteiger partial charge in [0.05, 0.1) is 0 Å². The Labute approximate surface area is 110 Å². The smallest absolute Gasteiger partial charge is 0.329 e. The van der Waals surface area contributed by atoms with E-state index in [0.717, 1.165) is 19.3 Å². The van der Waals surface area contributed by atoms with E-state index in [2.05, 4.69) is 12.2 Å². The van der Waals surface area contributed by atoms with Crippen LogP contribution in [0.15, 0.2) is 0 Å². The molecule has 0 aromatic rings. The van der Waals surface area contributed by atoms with E-state index in [4.69, 9.17) is 5.11 Å². The van der Waals surface area contributed by atoms with E-state index in [1.807, 2.05) is 0 Å². The zero-order chi connectivity index (χ0) is 14.0. The molecule has 0 spiro atoms. The minimum Gasteiger partial charge on any atom is -0.480 e. The van der Waals surface area contributed by atoms with Crippen molar-refractivity contribution in [2.24, 2.45) is 0 Å². The molecule has 0 aromatic carbocycles. The molecular formula is C14H27NO3. The normalized spacial score (nSPS) is 13.9. The summed E-state index contributed by atoms with van der Waals surface area (Å²) in [5, 5.41) is 11.7. The number of hydrogen-bond acceptors (Lipinski definition) is 2. The Balaban J connectivity index is 3.84. The Kier molecular flexibility index (Phi) is 8.42. The standard InChI is InChI=1S/C14H27NO3/c1-4-5-6-7-8-9-10-11-14(3,13(17)18)15-12(2)16/h4-11H2,1-3H3,(H,15,16)(H,17,18)/t14-/m0/s1. The molecule has 0 saturated carbocycles. The summed E-state index contributed by atoms with van der Waals surface area (Å²) in [4.78, 5) is 22.1. The molecule has 1 atom stereocenters. The molecule has 0 aliphatic rings.